The van der Waals surface area contributed by atoms with Crippen molar-refractivity contribution in [2.45, 2.75) is 33.8 Å². The number of carbonyl (C=O) groups is 1. The van der Waals surface area contributed by atoms with Crippen LogP contribution in [0, 0.1) is 13.8 Å². The van der Waals surface area contributed by atoms with E-state index >= 15 is 0 Å². The van der Waals surface area contributed by atoms with E-state index in [-0.39, 0.29) is 12.1 Å². The summed E-state index contributed by atoms with van der Waals surface area (Å²) in [6, 6.07) is 14.1. The summed E-state index contributed by atoms with van der Waals surface area (Å²) < 4.78 is 5.79. The van der Waals surface area contributed by atoms with Crippen LogP contribution in [0.25, 0.3) is 0 Å². The van der Waals surface area contributed by atoms with Gasteiger partial charge in [0.15, 0.2) is 0 Å². The van der Waals surface area contributed by atoms with Gasteiger partial charge < -0.3 is 19.9 Å². The first-order valence-electron chi connectivity index (χ1n) is 9.57. The van der Waals surface area contributed by atoms with Crippen LogP contribution in [0.4, 0.5) is 16.2 Å². The van der Waals surface area contributed by atoms with E-state index in [4.69, 9.17) is 4.74 Å². The summed E-state index contributed by atoms with van der Waals surface area (Å²) in [5, 5.41) is 3.00. The quantitative estimate of drug-likeness (QED) is 0.869. The molecule has 0 saturated carbocycles. The summed E-state index contributed by atoms with van der Waals surface area (Å²) in [6.07, 6.45) is 0.0596. The lowest BCUT2D eigenvalue weighted by Gasteiger charge is -2.36. The molecule has 0 radical (unpaired) electrons. The fraction of sp³-hybridized carbons (Fsp3) is 0.409. The average molecular weight is 367 g/mol. The number of hydrogen-bond acceptors (Lipinski definition) is 3. The Labute approximate surface area is 161 Å². The highest BCUT2D eigenvalue weighted by atomic mass is 16.5. The topological polar surface area (TPSA) is 44.8 Å². The van der Waals surface area contributed by atoms with Gasteiger partial charge in [0.2, 0.25) is 0 Å². The molecule has 5 heteroatoms. The molecule has 5 nitrogen and oxygen atoms in total. The second-order valence-corrected chi connectivity index (χ2v) is 7.41. The molecule has 2 aromatic rings. The maximum Gasteiger partial charge on any atom is 0.322 e. The molecule has 1 aliphatic heterocycles. The molecule has 144 valence electrons. The number of piperazine rings is 1. The van der Waals surface area contributed by atoms with E-state index in [1.807, 2.05) is 43.0 Å². The molecule has 0 aromatic heterocycles. The Morgan fingerprint density at radius 3 is 2.26 bits per heavy atom. The molecule has 3 rings (SSSR count). The third kappa shape index (κ3) is 4.94. The molecule has 1 fully saturated rings. The number of aryl methyl sites for hydroxylation is 2. The molecule has 1 saturated heterocycles. The Bertz CT molecular complexity index is 776. The maximum atomic E-state index is 12.7. The van der Waals surface area contributed by atoms with Crippen LogP contribution in [0.2, 0.25) is 0 Å². The maximum absolute atomic E-state index is 12.7. The molecule has 0 atom stereocenters. The average Bonchev–Trinajstić information content (AvgIpc) is 2.62. The van der Waals surface area contributed by atoms with Gasteiger partial charge in [-0.2, -0.15) is 0 Å². The number of nitrogens with zero attached hydrogens (tertiary/aromatic N) is 2. The number of anilines is 2. The number of urea groups is 1. The standard InChI is InChI=1S/C22H29N3O2/c1-16(2)27-21-8-6-5-7-20(21)23-22(26)25-11-9-24(10-12-25)19-14-17(3)13-18(4)15-19/h5-8,13-16H,9-12H2,1-4H3,(H,23,26). The van der Waals surface area contributed by atoms with Crippen LogP contribution >= 0.6 is 0 Å². The van der Waals surface area contributed by atoms with Crippen LogP contribution in [-0.2, 0) is 0 Å². The minimum atomic E-state index is -0.0742. The van der Waals surface area contributed by atoms with Crippen molar-refractivity contribution in [2.24, 2.45) is 0 Å². The fourth-order valence-electron chi connectivity index (χ4n) is 3.42. The van der Waals surface area contributed by atoms with Crippen molar-refractivity contribution in [3.05, 3.63) is 53.6 Å². The van der Waals surface area contributed by atoms with Crippen molar-refractivity contribution in [1.29, 1.82) is 0 Å². The van der Waals surface area contributed by atoms with Gasteiger partial charge in [0, 0.05) is 31.9 Å². The number of nitrogens with one attached hydrogen (secondary N) is 1. The lowest BCUT2D eigenvalue weighted by atomic mass is 10.1. The van der Waals surface area contributed by atoms with Crippen molar-refractivity contribution < 1.29 is 9.53 Å². The van der Waals surface area contributed by atoms with E-state index in [1.165, 1.54) is 16.8 Å². The SMILES string of the molecule is Cc1cc(C)cc(N2CCN(C(=O)Nc3ccccc3OC(C)C)CC2)c1. The van der Waals surface area contributed by atoms with Crippen molar-refractivity contribution in [2.75, 3.05) is 36.4 Å². The smallest absolute Gasteiger partial charge is 0.322 e. The summed E-state index contributed by atoms with van der Waals surface area (Å²) in [7, 11) is 0. The summed E-state index contributed by atoms with van der Waals surface area (Å²) in [5.74, 6) is 0.703. The minimum absolute atomic E-state index is 0.0596. The molecule has 0 unspecified atom stereocenters. The van der Waals surface area contributed by atoms with Crippen molar-refractivity contribution in [3.8, 4) is 5.75 Å². The van der Waals surface area contributed by atoms with Crippen LogP contribution in [0.15, 0.2) is 42.5 Å². The Kier molecular flexibility index (Phi) is 5.89. The molecule has 0 bridgehead atoms. The van der Waals surface area contributed by atoms with Crippen LogP contribution in [0.1, 0.15) is 25.0 Å². The highest BCUT2D eigenvalue weighted by Gasteiger charge is 2.22. The number of ether oxygens (including phenoxy) is 1. The van der Waals surface area contributed by atoms with E-state index in [2.05, 4.69) is 42.3 Å². The predicted molar refractivity (Wildman–Crippen MR) is 111 cm³/mol. The van der Waals surface area contributed by atoms with Crippen LogP contribution < -0.4 is 15.0 Å². The molecule has 2 amide bonds. The van der Waals surface area contributed by atoms with Gasteiger partial charge in [-0.05, 0) is 63.1 Å². The first-order valence-corrected chi connectivity index (χ1v) is 9.57. The largest absolute Gasteiger partial charge is 0.489 e. The lowest BCUT2D eigenvalue weighted by molar-refractivity contribution is 0.207. The number of hydrogen-bond donors (Lipinski definition) is 1. The van der Waals surface area contributed by atoms with E-state index in [1.54, 1.807) is 0 Å². The zero-order valence-electron chi connectivity index (χ0n) is 16.7. The molecule has 0 spiro atoms. The third-order valence-electron chi connectivity index (χ3n) is 4.63. The number of amides is 2. The van der Waals surface area contributed by atoms with E-state index in [0.29, 0.717) is 24.5 Å². The van der Waals surface area contributed by atoms with E-state index in [9.17, 15) is 4.79 Å². The van der Waals surface area contributed by atoms with Gasteiger partial charge in [0.25, 0.3) is 0 Å². The molecule has 0 aliphatic carbocycles. The first kappa shape index (κ1) is 19.1. The normalized spacial score (nSPS) is 14.4. The Morgan fingerprint density at radius 1 is 1.00 bits per heavy atom. The molecule has 27 heavy (non-hydrogen) atoms. The van der Waals surface area contributed by atoms with Gasteiger partial charge in [-0.15, -0.1) is 0 Å². The first-order chi connectivity index (χ1) is 12.9. The number of carbonyl (C=O) groups excluding carboxylic acids is 1. The Morgan fingerprint density at radius 2 is 1.63 bits per heavy atom. The molecular weight excluding hydrogens is 338 g/mol. The number of benzene rings is 2. The summed E-state index contributed by atoms with van der Waals surface area (Å²) >= 11 is 0. The Hall–Kier alpha value is -2.69. The van der Waals surface area contributed by atoms with Gasteiger partial charge in [-0.25, -0.2) is 4.79 Å². The summed E-state index contributed by atoms with van der Waals surface area (Å²) in [5.41, 5.74) is 4.50. The van der Waals surface area contributed by atoms with Gasteiger partial charge in [0.1, 0.15) is 5.75 Å². The minimum Gasteiger partial charge on any atom is -0.489 e. The van der Waals surface area contributed by atoms with Crippen molar-refractivity contribution >= 4 is 17.4 Å². The second kappa shape index (κ2) is 8.33. The summed E-state index contributed by atoms with van der Waals surface area (Å²) in [6.45, 7) is 11.3. The van der Waals surface area contributed by atoms with Gasteiger partial charge in [-0.3, -0.25) is 0 Å². The van der Waals surface area contributed by atoms with Crippen LogP contribution in [0.3, 0.4) is 0 Å². The molecule has 1 aliphatic rings. The highest BCUT2D eigenvalue weighted by molar-refractivity contribution is 5.91. The second-order valence-electron chi connectivity index (χ2n) is 7.41. The number of rotatable bonds is 4. The summed E-state index contributed by atoms with van der Waals surface area (Å²) in [4.78, 5) is 16.9. The van der Waals surface area contributed by atoms with Crippen LogP contribution in [-0.4, -0.2) is 43.2 Å². The van der Waals surface area contributed by atoms with Crippen LogP contribution in [0.5, 0.6) is 5.75 Å². The lowest BCUT2D eigenvalue weighted by Crippen LogP contribution is -2.50. The van der Waals surface area contributed by atoms with E-state index < -0.39 is 0 Å². The zero-order chi connectivity index (χ0) is 19.4. The van der Waals surface area contributed by atoms with Gasteiger partial charge in [-0.1, -0.05) is 18.2 Å². The highest BCUT2D eigenvalue weighted by Crippen LogP contribution is 2.26. The Balaban J connectivity index is 1.61. The molecular formula is C22H29N3O2. The van der Waals surface area contributed by atoms with Gasteiger partial charge >= 0.3 is 6.03 Å². The van der Waals surface area contributed by atoms with Crippen molar-refractivity contribution in [1.82, 2.24) is 4.90 Å². The fourth-order valence-corrected chi connectivity index (χ4v) is 3.42. The molecule has 2 aromatic carbocycles. The molecule has 1 heterocycles. The third-order valence-corrected chi connectivity index (χ3v) is 4.63. The molecule has 1 N–H and O–H groups in total. The van der Waals surface area contributed by atoms with E-state index in [0.717, 1.165) is 13.1 Å². The number of para-hydroxylation sites is 2. The zero-order valence-corrected chi connectivity index (χ0v) is 16.7. The van der Waals surface area contributed by atoms with Gasteiger partial charge in [0.05, 0.1) is 11.8 Å². The van der Waals surface area contributed by atoms with Crippen molar-refractivity contribution in [3.63, 3.8) is 0 Å². The predicted octanol–water partition coefficient (Wildman–Crippen LogP) is 4.44. The monoisotopic (exact) mass is 367 g/mol.